The van der Waals surface area contributed by atoms with Crippen molar-refractivity contribution in [2.75, 3.05) is 14.2 Å². The van der Waals surface area contributed by atoms with Gasteiger partial charge in [-0.1, -0.05) is 12.2 Å². The van der Waals surface area contributed by atoms with Crippen molar-refractivity contribution in [1.29, 1.82) is 0 Å². The average molecular weight is 288 g/mol. The number of allylic oxidation sites excluding steroid dienone is 2. The third-order valence-corrected chi connectivity index (χ3v) is 4.79. The van der Waals surface area contributed by atoms with Crippen molar-refractivity contribution in [3.05, 3.63) is 35.9 Å². The summed E-state index contributed by atoms with van der Waals surface area (Å²) in [6.45, 7) is 0. The zero-order valence-electron chi connectivity index (χ0n) is 12.3. The minimum absolute atomic E-state index is 0.161. The van der Waals surface area contributed by atoms with Crippen molar-refractivity contribution in [3.8, 4) is 11.5 Å². The van der Waals surface area contributed by atoms with Gasteiger partial charge in [-0.25, -0.2) is 0 Å². The number of hydrogen-bond acceptors (Lipinski definition) is 3. The van der Waals surface area contributed by atoms with Gasteiger partial charge in [-0.15, -0.1) is 0 Å². The zero-order chi connectivity index (χ0) is 15.0. The Morgan fingerprint density at radius 2 is 1.76 bits per heavy atom. The highest BCUT2D eigenvalue weighted by Gasteiger charge is 2.45. The van der Waals surface area contributed by atoms with Gasteiger partial charge in [0, 0.05) is 12.5 Å². The van der Waals surface area contributed by atoms with Crippen molar-refractivity contribution < 1.29 is 19.4 Å². The second-order valence-electron chi connectivity index (χ2n) is 5.88. The number of benzene rings is 1. The molecule has 0 aromatic heterocycles. The number of fused-ring (bicyclic) bond motifs is 2. The second-order valence-corrected chi connectivity index (χ2v) is 5.88. The Balaban J connectivity index is 1.97. The zero-order valence-corrected chi connectivity index (χ0v) is 12.3. The molecule has 1 aromatic carbocycles. The average Bonchev–Trinajstić information content (AvgIpc) is 3.07. The summed E-state index contributed by atoms with van der Waals surface area (Å²) in [5.74, 6) is 2.00. The molecule has 1 aromatic rings. The van der Waals surface area contributed by atoms with E-state index in [1.54, 1.807) is 14.2 Å². The van der Waals surface area contributed by atoms with Crippen LogP contribution in [0.15, 0.2) is 30.4 Å². The number of methoxy groups -OCH3 is 2. The van der Waals surface area contributed by atoms with Crippen LogP contribution in [0.4, 0.5) is 0 Å². The first-order chi connectivity index (χ1) is 10.1. The predicted molar refractivity (Wildman–Crippen MR) is 78.8 cm³/mol. The summed E-state index contributed by atoms with van der Waals surface area (Å²) in [6.07, 6.45) is 5.70. The highest BCUT2D eigenvalue weighted by molar-refractivity contribution is 5.67. The Bertz CT molecular complexity index is 556. The topological polar surface area (TPSA) is 55.8 Å². The predicted octanol–water partition coefficient (Wildman–Crippen LogP) is 3.08. The summed E-state index contributed by atoms with van der Waals surface area (Å²) in [5, 5.41) is 9.19. The SMILES string of the molecule is COc1cc(OC)cc(C2C3C=CC(C3)C2CC(=O)O)c1. The molecule has 112 valence electrons. The summed E-state index contributed by atoms with van der Waals surface area (Å²) in [6, 6.07) is 5.87. The van der Waals surface area contributed by atoms with Crippen LogP contribution >= 0.6 is 0 Å². The molecule has 0 saturated heterocycles. The molecule has 4 heteroatoms. The van der Waals surface area contributed by atoms with Crippen molar-refractivity contribution in [2.45, 2.75) is 18.8 Å². The number of hydrogen-bond donors (Lipinski definition) is 1. The van der Waals surface area contributed by atoms with Crippen LogP contribution in [0, 0.1) is 17.8 Å². The molecule has 4 unspecified atom stereocenters. The van der Waals surface area contributed by atoms with Crippen molar-refractivity contribution in [3.63, 3.8) is 0 Å². The summed E-state index contributed by atoms with van der Waals surface area (Å²) in [5.41, 5.74) is 1.12. The van der Waals surface area contributed by atoms with Gasteiger partial charge in [-0.2, -0.15) is 0 Å². The van der Waals surface area contributed by atoms with E-state index in [1.165, 1.54) is 0 Å². The van der Waals surface area contributed by atoms with Crippen LogP contribution in [0.25, 0.3) is 0 Å². The van der Waals surface area contributed by atoms with Crippen LogP contribution in [0.3, 0.4) is 0 Å². The van der Waals surface area contributed by atoms with E-state index >= 15 is 0 Å². The molecule has 1 saturated carbocycles. The van der Waals surface area contributed by atoms with E-state index in [2.05, 4.69) is 12.2 Å². The van der Waals surface area contributed by atoms with E-state index in [4.69, 9.17) is 9.47 Å². The van der Waals surface area contributed by atoms with Crippen molar-refractivity contribution >= 4 is 5.97 Å². The van der Waals surface area contributed by atoms with Gasteiger partial charge in [0.15, 0.2) is 0 Å². The minimum Gasteiger partial charge on any atom is -0.497 e. The van der Waals surface area contributed by atoms with Crippen LogP contribution in [0.1, 0.15) is 24.3 Å². The Morgan fingerprint density at radius 1 is 1.14 bits per heavy atom. The van der Waals surface area contributed by atoms with Crippen molar-refractivity contribution in [2.24, 2.45) is 17.8 Å². The van der Waals surface area contributed by atoms with Gasteiger partial charge in [-0.3, -0.25) is 4.79 Å². The normalized spacial score (nSPS) is 29.6. The summed E-state index contributed by atoms with van der Waals surface area (Å²) in [4.78, 5) is 11.2. The molecule has 0 spiro atoms. The number of rotatable bonds is 5. The standard InChI is InChI=1S/C17H20O4/c1-20-13-6-12(7-14(8-13)21-2)17-11-4-3-10(5-11)15(17)9-16(18)19/h3-4,6-8,10-11,15,17H,5,9H2,1-2H3,(H,18,19). The van der Waals surface area contributed by atoms with E-state index in [1.807, 2.05) is 18.2 Å². The maximum absolute atomic E-state index is 11.2. The highest BCUT2D eigenvalue weighted by Crippen LogP contribution is 2.54. The first kappa shape index (κ1) is 14.0. The first-order valence-electron chi connectivity index (χ1n) is 7.25. The molecule has 21 heavy (non-hydrogen) atoms. The Labute approximate surface area is 124 Å². The van der Waals surface area contributed by atoms with Crippen LogP contribution in [-0.2, 0) is 4.79 Å². The monoisotopic (exact) mass is 288 g/mol. The third kappa shape index (κ3) is 2.50. The molecule has 0 amide bonds. The lowest BCUT2D eigenvalue weighted by Crippen LogP contribution is -2.21. The van der Waals surface area contributed by atoms with Gasteiger partial charge in [-0.05, 0) is 47.8 Å². The maximum atomic E-state index is 11.2. The minimum atomic E-state index is -0.721. The highest BCUT2D eigenvalue weighted by atomic mass is 16.5. The van der Waals surface area contributed by atoms with Gasteiger partial charge in [0.2, 0.25) is 0 Å². The fraction of sp³-hybridized carbons (Fsp3) is 0.471. The van der Waals surface area contributed by atoms with Gasteiger partial charge in [0.25, 0.3) is 0 Å². The van der Waals surface area contributed by atoms with E-state index in [9.17, 15) is 9.90 Å². The molecule has 4 atom stereocenters. The molecule has 1 fully saturated rings. The summed E-state index contributed by atoms with van der Waals surface area (Å²) in [7, 11) is 3.27. The van der Waals surface area contributed by atoms with Gasteiger partial charge in [0.1, 0.15) is 11.5 Å². The number of aliphatic carboxylic acids is 1. The number of carboxylic acid groups (broad SMARTS) is 1. The molecule has 0 radical (unpaired) electrons. The third-order valence-electron chi connectivity index (χ3n) is 4.79. The molecular weight excluding hydrogens is 268 g/mol. The maximum Gasteiger partial charge on any atom is 0.303 e. The lowest BCUT2D eigenvalue weighted by atomic mass is 9.77. The number of carbonyl (C=O) groups is 1. The van der Waals surface area contributed by atoms with Gasteiger partial charge < -0.3 is 14.6 Å². The van der Waals surface area contributed by atoms with Crippen LogP contribution in [-0.4, -0.2) is 25.3 Å². The largest absolute Gasteiger partial charge is 0.497 e. The van der Waals surface area contributed by atoms with Crippen LogP contribution < -0.4 is 9.47 Å². The molecule has 2 bridgehead atoms. The Morgan fingerprint density at radius 3 is 2.33 bits per heavy atom. The van der Waals surface area contributed by atoms with E-state index < -0.39 is 5.97 Å². The molecule has 4 nitrogen and oxygen atoms in total. The Kier molecular flexibility index (Phi) is 3.62. The van der Waals surface area contributed by atoms with Crippen LogP contribution in [0.2, 0.25) is 0 Å². The van der Waals surface area contributed by atoms with Crippen LogP contribution in [0.5, 0.6) is 11.5 Å². The molecule has 0 aliphatic heterocycles. The fourth-order valence-electron chi connectivity index (χ4n) is 3.92. The number of ether oxygens (including phenoxy) is 2. The molecule has 2 aliphatic carbocycles. The van der Waals surface area contributed by atoms with Gasteiger partial charge in [0.05, 0.1) is 14.2 Å². The fourth-order valence-corrected chi connectivity index (χ4v) is 3.92. The summed E-state index contributed by atoms with van der Waals surface area (Å²) < 4.78 is 10.7. The molecule has 3 rings (SSSR count). The Hall–Kier alpha value is -1.97. The molecular formula is C17H20O4. The van der Waals surface area contributed by atoms with Crippen molar-refractivity contribution in [1.82, 2.24) is 0 Å². The quantitative estimate of drug-likeness (QED) is 0.846. The van der Waals surface area contributed by atoms with E-state index in [0.717, 1.165) is 23.5 Å². The number of carboxylic acids is 1. The lowest BCUT2D eigenvalue weighted by Gasteiger charge is -2.28. The molecule has 2 aliphatic rings. The molecule has 0 heterocycles. The summed E-state index contributed by atoms with van der Waals surface area (Å²) >= 11 is 0. The van der Waals surface area contributed by atoms with Gasteiger partial charge >= 0.3 is 5.97 Å². The second kappa shape index (κ2) is 5.43. The van der Waals surface area contributed by atoms with E-state index in [0.29, 0.717) is 11.8 Å². The molecule has 1 N–H and O–H groups in total. The first-order valence-corrected chi connectivity index (χ1v) is 7.25. The lowest BCUT2D eigenvalue weighted by molar-refractivity contribution is -0.138. The smallest absolute Gasteiger partial charge is 0.303 e. The van der Waals surface area contributed by atoms with E-state index in [-0.39, 0.29) is 18.3 Å².